The van der Waals surface area contributed by atoms with Crippen LogP contribution in [0.1, 0.15) is 45.7 Å². The SMILES string of the molecule is CCNc1nc(SCN(C(=O)COC)c2c(CC)cccc2CC)nc(N(CC)CC)n1. The molecular formula is C23H36N6O2S. The van der Waals surface area contributed by atoms with Gasteiger partial charge in [0.1, 0.15) is 6.61 Å². The Hall–Kier alpha value is -2.39. The molecule has 8 nitrogen and oxygen atoms in total. The fourth-order valence-corrected chi connectivity index (χ4v) is 4.26. The Morgan fingerprint density at radius 1 is 1.03 bits per heavy atom. The number of ether oxygens (including phenoxy) is 1. The highest BCUT2D eigenvalue weighted by Crippen LogP contribution is 2.30. The monoisotopic (exact) mass is 460 g/mol. The summed E-state index contributed by atoms with van der Waals surface area (Å²) in [5.74, 6) is 1.49. The Bertz CT molecular complexity index is 853. The number of benzene rings is 1. The van der Waals surface area contributed by atoms with Crippen molar-refractivity contribution in [2.45, 2.75) is 52.6 Å². The van der Waals surface area contributed by atoms with E-state index in [9.17, 15) is 4.79 Å². The second-order valence-corrected chi connectivity index (χ2v) is 8.02. The molecule has 0 aliphatic carbocycles. The summed E-state index contributed by atoms with van der Waals surface area (Å²) in [5.41, 5.74) is 3.25. The molecule has 0 atom stereocenters. The molecular weight excluding hydrogens is 424 g/mol. The van der Waals surface area contributed by atoms with E-state index in [1.54, 1.807) is 12.0 Å². The highest BCUT2D eigenvalue weighted by atomic mass is 32.2. The lowest BCUT2D eigenvalue weighted by Crippen LogP contribution is -2.35. The predicted octanol–water partition coefficient (Wildman–Crippen LogP) is 4.00. The number of nitrogens with one attached hydrogen (secondary N) is 1. The highest BCUT2D eigenvalue weighted by Gasteiger charge is 2.22. The molecule has 1 heterocycles. The summed E-state index contributed by atoms with van der Waals surface area (Å²) >= 11 is 1.43. The molecule has 0 fully saturated rings. The third-order valence-corrected chi connectivity index (χ3v) is 5.94. The zero-order chi connectivity index (χ0) is 23.5. The van der Waals surface area contributed by atoms with Gasteiger partial charge in [0.2, 0.25) is 11.9 Å². The van der Waals surface area contributed by atoms with Crippen LogP contribution in [0.15, 0.2) is 23.4 Å². The number of anilines is 3. The summed E-state index contributed by atoms with van der Waals surface area (Å²) < 4.78 is 5.18. The minimum Gasteiger partial charge on any atom is -0.375 e. The molecule has 0 unspecified atom stereocenters. The molecule has 0 bridgehead atoms. The molecule has 32 heavy (non-hydrogen) atoms. The molecule has 0 spiro atoms. The fourth-order valence-electron chi connectivity index (χ4n) is 3.44. The number of para-hydroxylation sites is 1. The van der Waals surface area contributed by atoms with Crippen LogP contribution < -0.4 is 15.1 Å². The van der Waals surface area contributed by atoms with Gasteiger partial charge >= 0.3 is 0 Å². The second kappa shape index (κ2) is 13.2. The van der Waals surface area contributed by atoms with Gasteiger partial charge in [-0.05, 0) is 44.7 Å². The van der Waals surface area contributed by atoms with Crippen LogP contribution in [-0.2, 0) is 22.4 Å². The quantitative estimate of drug-likeness (QED) is 0.355. The van der Waals surface area contributed by atoms with Crippen molar-refractivity contribution in [3.05, 3.63) is 29.3 Å². The van der Waals surface area contributed by atoms with E-state index in [1.807, 2.05) is 6.92 Å². The second-order valence-electron chi connectivity index (χ2n) is 7.10. The molecule has 0 aliphatic heterocycles. The van der Waals surface area contributed by atoms with Crippen molar-refractivity contribution < 1.29 is 9.53 Å². The molecule has 0 radical (unpaired) electrons. The van der Waals surface area contributed by atoms with Crippen molar-refractivity contribution in [2.24, 2.45) is 0 Å². The topological polar surface area (TPSA) is 83.5 Å². The first kappa shape index (κ1) is 25.9. The number of hydrogen-bond acceptors (Lipinski definition) is 8. The van der Waals surface area contributed by atoms with Gasteiger partial charge in [0.25, 0.3) is 5.91 Å². The lowest BCUT2D eigenvalue weighted by atomic mass is 10.0. The molecule has 0 saturated heterocycles. The molecule has 2 rings (SSSR count). The average molecular weight is 461 g/mol. The number of carbonyl (C=O) groups is 1. The number of nitrogens with zero attached hydrogens (tertiary/aromatic N) is 5. The summed E-state index contributed by atoms with van der Waals surface area (Å²) in [4.78, 5) is 30.7. The van der Waals surface area contributed by atoms with Gasteiger partial charge in [-0.2, -0.15) is 15.0 Å². The van der Waals surface area contributed by atoms with Crippen LogP contribution in [0.3, 0.4) is 0 Å². The van der Waals surface area contributed by atoms with Crippen molar-refractivity contribution in [3.63, 3.8) is 0 Å². The van der Waals surface area contributed by atoms with Gasteiger partial charge in [-0.3, -0.25) is 9.69 Å². The van der Waals surface area contributed by atoms with Crippen LogP contribution in [0.2, 0.25) is 0 Å². The predicted molar refractivity (Wildman–Crippen MR) is 133 cm³/mol. The first-order valence-electron chi connectivity index (χ1n) is 11.3. The van der Waals surface area contributed by atoms with Crippen LogP contribution in [0.4, 0.5) is 17.6 Å². The Kier molecular flexibility index (Phi) is 10.7. The maximum Gasteiger partial charge on any atom is 0.253 e. The molecule has 1 amide bonds. The maximum absolute atomic E-state index is 13.1. The normalized spacial score (nSPS) is 10.8. The molecule has 176 valence electrons. The van der Waals surface area contributed by atoms with E-state index in [1.165, 1.54) is 11.8 Å². The Balaban J connectivity index is 2.41. The first-order valence-corrected chi connectivity index (χ1v) is 12.3. The zero-order valence-corrected chi connectivity index (χ0v) is 21.0. The van der Waals surface area contributed by atoms with Gasteiger partial charge in [0, 0.05) is 26.7 Å². The van der Waals surface area contributed by atoms with E-state index in [0.717, 1.165) is 42.7 Å². The lowest BCUT2D eigenvalue weighted by Gasteiger charge is -2.27. The van der Waals surface area contributed by atoms with Gasteiger partial charge in [-0.15, -0.1) is 0 Å². The lowest BCUT2D eigenvalue weighted by molar-refractivity contribution is -0.121. The number of rotatable bonds is 13. The molecule has 0 aliphatic rings. The van der Waals surface area contributed by atoms with Crippen molar-refractivity contribution >= 4 is 35.3 Å². The summed E-state index contributed by atoms with van der Waals surface area (Å²) in [6, 6.07) is 6.21. The number of aromatic nitrogens is 3. The largest absolute Gasteiger partial charge is 0.375 e. The summed E-state index contributed by atoms with van der Waals surface area (Å²) in [6.45, 7) is 12.7. The number of hydrogen-bond donors (Lipinski definition) is 1. The minimum atomic E-state index is -0.0828. The van der Waals surface area contributed by atoms with Gasteiger partial charge in [-0.1, -0.05) is 43.8 Å². The van der Waals surface area contributed by atoms with Crippen molar-refractivity contribution in [2.75, 3.05) is 54.3 Å². The number of thioether (sulfide) groups is 1. The highest BCUT2D eigenvalue weighted by molar-refractivity contribution is 7.99. The van der Waals surface area contributed by atoms with Crippen LogP contribution in [0.5, 0.6) is 0 Å². The third kappa shape index (κ3) is 6.56. The maximum atomic E-state index is 13.1. The van der Waals surface area contributed by atoms with E-state index in [4.69, 9.17) is 4.74 Å². The number of methoxy groups -OCH3 is 1. The fraction of sp³-hybridized carbons (Fsp3) is 0.565. The summed E-state index contributed by atoms with van der Waals surface area (Å²) in [6.07, 6.45) is 1.68. The molecule has 0 saturated carbocycles. The van der Waals surface area contributed by atoms with Crippen LogP contribution in [-0.4, -0.2) is 60.1 Å². The van der Waals surface area contributed by atoms with Crippen molar-refractivity contribution in [3.8, 4) is 0 Å². The van der Waals surface area contributed by atoms with Gasteiger partial charge in [0.15, 0.2) is 5.16 Å². The van der Waals surface area contributed by atoms with E-state index in [0.29, 0.717) is 29.5 Å². The average Bonchev–Trinajstić information content (AvgIpc) is 2.80. The molecule has 1 aromatic carbocycles. The van der Waals surface area contributed by atoms with Gasteiger partial charge < -0.3 is 15.0 Å². The Morgan fingerprint density at radius 2 is 1.69 bits per heavy atom. The van der Waals surface area contributed by atoms with E-state index in [2.05, 4.69) is 71.1 Å². The van der Waals surface area contributed by atoms with Gasteiger partial charge in [0.05, 0.1) is 11.6 Å². The molecule has 9 heteroatoms. The smallest absolute Gasteiger partial charge is 0.253 e. The molecule has 1 N–H and O–H groups in total. The van der Waals surface area contributed by atoms with E-state index in [-0.39, 0.29) is 12.5 Å². The number of aryl methyl sites for hydroxylation is 2. The summed E-state index contributed by atoms with van der Waals surface area (Å²) in [5, 5.41) is 3.77. The van der Waals surface area contributed by atoms with Gasteiger partial charge in [-0.25, -0.2) is 0 Å². The van der Waals surface area contributed by atoms with Crippen LogP contribution in [0.25, 0.3) is 0 Å². The van der Waals surface area contributed by atoms with E-state index >= 15 is 0 Å². The molecule has 2 aromatic rings. The zero-order valence-electron chi connectivity index (χ0n) is 20.1. The standard InChI is InChI=1S/C23H36N6O2S/c1-7-17-13-12-14-18(8-2)20(17)29(19(30)15-31-6)16-32-23-26-21(24-9-3)25-22(27-23)28(10-4)11-5/h12-14H,7-11,15-16H2,1-6H3,(H,24,25,26,27). The Morgan fingerprint density at radius 3 is 2.22 bits per heavy atom. The first-order chi connectivity index (χ1) is 15.5. The molecule has 1 aromatic heterocycles. The van der Waals surface area contributed by atoms with Crippen LogP contribution in [0, 0.1) is 0 Å². The number of carbonyl (C=O) groups excluding carboxylic acids is 1. The third-order valence-electron chi connectivity index (χ3n) is 5.11. The minimum absolute atomic E-state index is 0.0201. The van der Waals surface area contributed by atoms with Crippen molar-refractivity contribution in [1.29, 1.82) is 0 Å². The van der Waals surface area contributed by atoms with E-state index < -0.39 is 0 Å². The van der Waals surface area contributed by atoms with Crippen LogP contribution >= 0.6 is 11.8 Å². The summed E-state index contributed by atoms with van der Waals surface area (Å²) in [7, 11) is 1.54. The Labute approximate surface area is 196 Å². The number of amides is 1. The van der Waals surface area contributed by atoms with Crippen molar-refractivity contribution in [1.82, 2.24) is 15.0 Å².